The second-order valence-corrected chi connectivity index (χ2v) is 8.03. The molecule has 156 valence electrons. The molecule has 0 aliphatic heterocycles. The molecule has 0 aromatic carbocycles. The van der Waals surface area contributed by atoms with E-state index in [1.165, 1.54) is 19.3 Å². The number of rotatable bonds is 14. The van der Waals surface area contributed by atoms with Crippen molar-refractivity contribution in [3.63, 3.8) is 0 Å². The zero-order valence-corrected chi connectivity index (χ0v) is 16.7. The maximum Gasteiger partial charge on any atom is 0.364 e. The minimum atomic E-state index is -2.60. The predicted octanol–water partition coefficient (Wildman–Crippen LogP) is 5.35. The van der Waals surface area contributed by atoms with E-state index in [-0.39, 0.29) is 18.2 Å². The molecule has 1 aliphatic rings. The Hall–Kier alpha value is -1.20. The molecule has 0 heterocycles. The van der Waals surface area contributed by atoms with E-state index in [2.05, 4.69) is 25.7 Å². The van der Waals surface area contributed by atoms with Crippen molar-refractivity contribution >= 4 is 5.97 Å². The van der Waals surface area contributed by atoms with Crippen LogP contribution in [0, 0.1) is 17.8 Å². The van der Waals surface area contributed by atoms with Crippen LogP contribution in [0.3, 0.4) is 0 Å². The zero-order valence-electron chi connectivity index (χ0n) is 16.7. The summed E-state index contributed by atoms with van der Waals surface area (Å²) >= 11 is 0. The minimum Gasteiger partial charge on any atom is -0.477 e. The quantitative estimate of drug-likeness (QED) is 0.214. The van der Waals surface area contributed by atoms with E-state index in [4.69, 9.17) is 5.11 Å². The molecule has 0 unspecified atom stereocenters. The largest absolute Gasteiger partial charge is 0.477 e. The van der Waals surface area contributed by atoms with Crippen LogP contribution in [-0.2, 0) is 4.79 Å². The van der Waals surface area contributed by atoms with Gasteiger partial charge in [-0.3, -0.25) is 0 Å². The van der Waals surface area contributed by atoms with Crippen LogP contribution >= 0.6 is 0 Å². The molecular formula is C22H37FO4. The van der Waals surface area contributed by atoms with E-state index in [9.17, 15) is 19.4 Å². The minimum absolute atomic E-state index is 0.0625. The Morgan fingerprint density at radius 2 is 2.00 bits per heavy atom. The summed E-state index contributed by atoms with van der Waals surface area (Å²) < 4.78 is 13.5. The Morgan fingerprint density at radius 3 is 2.63 bits per heavy atom. The third-order valence-electron chi connectivity index (χ3n) is 5.81. The molecule has 3 N–H and O–H groups in total. The lowest BCUT2D eigenvalue weighted by Crippen LogP contribution is -2.37. The van der Waals surface area contributed by atoms with E-state index >= 15 is 0 Å². The molecule has 0 aromatic heterocycles. The first-order valence-corrected chi connectivity index (χ1v) is 10.5. The van der Waals surface area contributed by atoms with Gasteiger partial charge in [-0.05, 0) is 50.4 Å². The molecule has 0 saturated heterocycles. The predicted molar refractivity (Wildman–Crippen MR) is 106 cm³/mol. The molecule has 1 fully saturated rings. The molecule has 3 atom stereocenters. The highest BCUT2D eigenvalue weighted by Crippen LogP contribution is 2.37. The third-order valence-corrected chi connectivity index (χ3v) is 5.81. The summed E-state index contributed by atoms with van der Waals surface area (Å²) in [5.74, 6) is -3.30. The van der Waals surface area contributed by atoms with Gasteiger partial charge in [-0.2, -0.15) is 0 Å². The molecule has 5 heteroatoms. The summed E-state index contributed by atoms with van der Waals surface area (Å²) in [5, 5.41) is 27.3. The first-order chi connectivity index (χ1) is 12.8. The fraction of sp³-hybridized carbons (Fsp3) is 0.773. The van der Waals surface area contributed by atoms with Crippen LogP contribution < -0.4 is 0 Å². The molecule has 1 aliphatic carbocycles. The molecule has 1 saturated carbocycles. The number of aliphatic carboxylic acids is 1. The lowest BCUT2D eigenvalue weighted by atomic mass is 9.89. The van der Waals surface area contributed by atoms with Crippen molar-refractivity contribution in [3.8, 4) is 0 Å². The Balaban J connectivity index is 2.32. The van der Waals surface area contributed by atoms with E-state index in [0.29, 0.717) is 18.3 Å². The number of unbranched alkanes of at least 4 members (excludes halogenated alkanes) is 3. The molecule has 0 radical (unpaired) electrons. The summed E-state index contributed by atoms with van der Waals surface area (Å²) in [6.45, 7) is 5.60. The van der Waals surface area contributed by atoms with Gasteiger partial charge in [0.1, 0.15) is 0 Å². The van der Waals surface area contributed by atoms with Crippen molar-refractivity contribution in [2.45, 2.75) is 89.8 Å². The second kappa shape index (κ2) is 12.3. The Kier molecular flexibility index (Phi) is 10.9. The number of carboxylic acids is 1. The van der Waals surface area contributed by atoms with Crippen molar-refractivity contribution in [2.24, 2.45) is 17.8 Å². The van der Waals surface area contributed by atoms with Gasteiger partial charge in [-0.25, -0.2) is 9.18 Å². The van der Waals surface area contributed by atoms with Gasteiger partial charge >= 0.3 is 5.97 Å². The number of hydrogen-bond acceptors (Lipinski definition) is 3. The van der Waals surface area contributed by atoms with Crippen molar-refractivity contribution in [1.29, 1.82) is 0 Å². The van der Waals surface area contributed by atoms with Gasteiger partial charge in [0.05, 0.1) is 5.83 Å². The summed E-state index contributed by atoms with van der Waals surface area (Å²) in [5.41, 5.74) is 0. The van der Waals surface area contributed by atoms with Crippen LogP contribution in [-0.4, -0.2) is 27.1 Å². The fourth-order valence-corrected chi connectivity index (χ4v) is 4.01. The zero-order chi connectivity index (χ0) is 20.3. The van der Waals surface area contributed by atoms with Crippen LogP contribution in [0.1, 0.15) is 84.0 Å². The Morgan fingerprint density at radius 1 is 1.26 bits per heavy atom. The third kappa shape index (κ3) is 9.02. The molecule has 0 spiro atoms. The van der Waals surface area contributed by atoms with Gasteiger partial charge in [-0.15, -0.1) is 0 Å². The van der Waals surface area contributed by atoms with Gasteiger partial charge < -0.3 is 15.3 Å². The van der Waals surface area contributed by atoms with E-state index < -0.39 is 11.8 Å². The standard InChI is InChI=1S/C22H37FO4/c1-3-4-10-18(17(2)23)12-8-13-20-15-9-14-19(20)11-6-5-7-16-22(26,27)21(24)25/h8,13,18-20,26-27H,2-7,9-12,14-16H2,1H3,(H,24,25)/t18-,19+,20+/m1/s1. The van der Waals surface area contributed by atoms with Gasteiger partial charge in [0.25, 0.3) is 5.79 Å². The Bertz CT molecular complexity index is 487. The average molecular weight is 385 g/mol. The highest BCUT2D eigenvalue weighted by molar-refractivity contribution is 5.74. The van der Waals surface area contributed by atoms with Crippen LogP contribution in [0.4, 0.5) is 4.39 Å². The van der Waals surface area contributed by atoms with Gasteiger partial charge in [0.15, 0.2) is 0 Å². The molecular weight excluding hydrogens is 347 g/mol. The summed E-state index contributed by atoms with van der Waals surface area (Å²) in [6.07, 6.45) is 14.8. The maximum atomic E-state index is 13.5. The summed E-state index contributed by atoms with van der Waals surface area (Å²) in [4.78, 5) is 10.6. The van der Waals surface area contributed by atoms with Crippen LogP contribution in [0.25, 0.3) is 0 Å². The number of aliphatic hydroxyl groups is 2. The number of carbonyl (C=O) groups is 1. The van der Waals surface area contributed by atoms with Crippen LogP contribution in [0.2, 0.25) is 0 Å². The fourth-order valence-electron chi connectivity index (χ4n) is 4.01. The van der Waals surface area contributed by atoms with E-state index in [0.717, 1.165) is 44.9 Å². The monoisotopic (exact) mass is 384 g/mol. The van der Waals surface area contributed by atoms with Crippen LogP contribution in [0.15, 0.2) is 24.6 Å². The topological polar surface area (TPSA) is 77.8 Å². The van der Waals surface area contributed by atoms with E-state index in [1.807, 2.05) is 0 Å². The van der Waals surface area contributed by atoms with Gasteiger partial charge in [0, 0.05) is 12.3 Å². The highest BCUT2D eigenvalue weighted by atomic mass is 19.1. The first-order valence-electron chi connectivity index (χ1n) is 10.5. The number of carboxylic acid groups (broad SMARTS) is 1. The lowest BCUT2D eigenvalue weighted by Gasteiger charge is -2.18. The average Bonchev–Trinajstić information content (AvgIpc) is 3.04. The lowest BCUT2D eigenvalue weighted by molar-refractivity contribution is -0.205. The SMILES string of the molecule is C=C(F)[C@@H](CC=C[C@H]1CCC[C@@H]1CCCCCC(O)(O)C(=O)O)CCCC. The van der Waals surface area contributed by atoms with Crippen molar-refractivity contribution in [1.82, 2.24) is 0 Å². The normalized spacial score (nSPS) is 21.6. The molecule has 0 aromatic rings. The summed E-state index contributed by atoms with van der Waals surface area (Å²) in [6, 6.07) is 0. The number of allylic oxidation sites excluding steroid dienone is 3. The number of hydrogen-bond donors (Lipinski definition) is 3. The molecule has 1 rings (SSSR count). The van der Waals surface area contributed by atoms with Crippen LogP contribution in [0.5, 0.6) is 0 Å². The van der Waals surface area contributed by atoms with Crippen molar-refractivity contribution in [3.05, 3.63) is 24.6 Å². The molecule has 0 amide bonds. The van der Waals surface area contributed by atoms with Gasteiger partial charge in [0.2, 0.25) is 0 Å². The summed E-state index contributed by atoms with van der Waals surface area (Å²) in [7, 11) is 0. The second-order valence-electron chi connectivity index (χ2n) is 8.03. The maximum absolute atomic E-state index is 13.5. The smallest absolute Gasteiger partial charge is 0.364 e. The molecule has 4 nitrogen and oxygen atoms in total. The van der Waals surface area contributed by atoms with Crippen molar-refractivity contribution < 1.29 is 24.5 Å². The highest BCUT2D eigenvalue weighted by Gasteiger charge is 2.32. The molecule has 27 heavy (non-hydrogen) atoms. The molecule has 0 bridgehead atoms. The van der Waals surface area contributed by atoms with E-state index in [1.54, 1.807) is 0 Å². The van der Waals surface area contributed by atoms with Gasteiger partial charge in [-0.1, -0.05) is 57.8 Å². The number of halogens is 1. The first kappa shape index (κ1) is 23.8. The van der Waals surface area contributed by atoms with Crippen molar-refractivity contribution in [2.75, 3.05) is 0 Å². The Labute approximate surface area is 163 Å².